The highest BCUT2D eigenvalue weighted by atomic mass is 32.1. The molecular weight excluding hydrogens is 298 g/mol. The van der Waals surface area contributed by atoms with Gasteiger partial charge in [-0.2, -0.15) is 0 Å². The van der Waals surface area contributed by atoms with Gasteiger partial charge >= 0.3 is 10.8 Å². The van der Waals surface area contributed by atoms with Crippen LogP contribution >= 0.6 is 11.3 Å². The number of hydrogen-bond donors (Lipinski definition) is 2. The zero-order valence-electron chi connectivity index (χ0n) is 11.7. The van der Waals surface area contributed by atoms with E-state index in [4.69, 9.17) is 14.6 Å². The van der Waals surface area contributed by atoms with Crippen LogP contribution in [0.4, 0.5) is 0 Å². The third kappa shape index (κ3) is 5.20. The second-order valence-corrected chi connectivity index (χ2v) is 5.02. The SMILES string of the molecule is COC(C=C=Cc1sc(=O)n(CCCC(=O)O)c1O)OC. The number of aromatic nitrogens is 1. The Hall–Kier alpha value is -1.86. The van der Waals surface area contributed by atoms with Crippen LogP contribution < -0.4 is 4.87 Å². The highest BCUT2D eigenvalue weighted by Gasteiger charge is 2.11. The minimum atomic E-state index is -0.939. The summed E-state index contributed by atoms with van der Waals surface area (Å²) in [7, 11) is 2.95. The number of thiazole rings is 1. The molecule has 0 aromatic carbocycles. The Bertz CT molecular complexity index is 592. The molecular formula is C13H17NO6S. The molecule has 0 saturated heterocycles. The maximum Gasteiger partial charge on any atom is 0.310 e. The summed E-state index contributed by atoms with van der Waals surface area (Å²) in [6.07, 6.45) is 2.60. The first-order valence-electron chi connectivity index (χ1n) is 6.12. The van der Waals surface area contributed by atoms with E-state index in [1.807, 2.05) is 0 Å². The van der Waals surface area contributed by atoms with Crippen molar-refractivity contribution in [2.75, 3.05) is 14.2 Å². The number of methoxy groups -OCH3 is 2. The number of aliphatic carboxylic acids is 1. The summed E-state index contributed by atoms with van der Waals surface area (Å²) in [5.41, 5.74) is 2.76. The minimum absolute atomic E-state index is 0.0594. The molecule has 0 aliphatic heterocycles. The van der Waals surface area contributed by atoms with Gasteiger partial charge in [0.2, 0.25) is 5.88 Å². The molecule has 1 rings (SSSR count). The summed E-state index contributed by atoms with van der Waals surface area (Å²) in [4.78, 5) is 22.1. The number of ether oxygens (including phenoxy) is 2. The first-order valence-corrected chi connectivity index (χ1v) is 6.93. The van der Waals surface area contributed by atoms with Crippen molar-refractivity contribution in [3.63, 3.8) is 0 Å². The molecule has 0 bridgehead atoms. The molecule has 2 N–H and O–H groups in total. The molecule has 0 amide bonds. The number of hydrogen-bond acceptors (Lipinski definition) is 6. The maximum absolute atomic E-state index is 11.7. The lowest BCUT2D eigenvalue weighted by molar-refractivity contribution is -0.137. The molecule has 0 aliphatic carbocycles. The van der Waals surface area contributed by atoms with E-state index < -0.39 is 12.3 Å². The maximum atomic E-state index is 11.7. The van der Waals surface area contributed by atoms with Crippen LogP contribution in [0, 0.1) is 0 Å². The van der Waals surface area contributed by atoms with E-state index in [0.29, 0.717) is 4.88 Å². The van der Waals surface area contributed by atoms with Crippen molar-refractivity contribution in [3.8, 4) is 5.88 Å². The van der Waals surface area contributed by atoms with Crippen molar-refractivity contribution < 1.29 is 24.5 Å². The number of nitrogens with zero attached hydrogens (tertiary/aromatic N) is 1. The highest BCUT2D eigenvalue weighted by molar-refractivity contribution is 7.10. The average Bonchev–Trinajstić information content (AvgIpc) is 2.71. The summed E-state index contributed by atoms with van der Waals surface area (Å²) in [5, 5.41) is 18.5. The van der Waals surface area contributed by atoms with Crippen LogP contribution in [0.25, 0.3) is 6.08 Å². The standard InChI is InChI=1S/C13H17NO6S/c1-19-11(20-2)7-3-5-9-12(17)14(13(18)21-9)8-4-6-10(15)16/h5,7,11,17H,4,6,8H2,1-2H3,(H,15,16). The molecule has 8 heteroatoms. The van der Waals surface area contributed by atoms with Crippen LogP contribution in [0.2, 0.25) is 0 Å². The van der Waals surface area contributed by atoms with Crippen molar-refractivity contribution in [3.05, 3.63) is 26.4 Å². The van der Waals surface area contributed by atoms with Crippen molar-refractivity contribution in [2.24, 2.45) is 0 Å². The van der Waals surface area contributed by atoms with Gasteiger partial charge in [0.05, 0.1) is 0 Å². The van der Waals surface area contributed by atoms with Gasteiger partial charge in [0, 0.05) is 39.3 Å². The van der Waals surface area contributed by atoms with Gasteiger partial charge in [0.25, 0.3) is 0 Å². The number of carboxylic acid groups (broad SMARTS) is 1. The Morgan fingerprint density at radius 1 is 1.48 bits per heavy atom. The largest absolute Gasteiger partial charge is 0.493 e. The minimum Gasteiger partial charge on any atom is -0.493 e. The van der Waals surface area contributed by atoms with Gasteiger partial charge in [-0.05, 0) is 6.42 Å². The van der Waals surface area contributed by atoms with E-state index in [-0.39, 0.29) is 30.1 Å². The predicted molar refractivity (Wildman–Crippen MR) is 77.5 cm³/mol. The Morgan fingerprint density at radius 2 is 2.14 bits per heavy atom. The molecule has 21 heavy (non-hydrogen) atoms. The van der Waals surface area contributed by atoms with E-state index in [2.05, 4.69) is 5.73 Å². The number of rotatable bonds is 8. The lowest BCUT2D eigenvalue weighted by atomic mass is 10.3. The molecule has 0 atom stereocenters. The average molecular weight is 315 g/mol. The van der Waals surface area contributed by atoms with Gasteiger partial charge in [0.15, 0.2) is 6.29 Å². The zero-order chi connectivity index (χ0) is 15.8. The summed E-state index contributed by atoms with van der Waals surface area (Å²) in [6.45, 7) is 0.157. The normalized spacial score (nSPS) is 10.4. The van der Waals surface area contributed by atoms with Gasteiger partial charge in [0.1, 0.15) is 4.88 Å². The Labute approximate surface area is 125 Å². The topological polar surface area (TPSA) is 98.0 Å². The third-order valence-electron chi connectivity index (χ3n) is 2.58. The molecule has 0 spiro atoms. The van der Waals surface area contributed by atoms with Crippen molar-refractivity contribution in [2.45, 2.75) is 25.7 Å². The van der Waals surface area contributed by atoms with Gasteiger partial charge in [-0.25, -0.2) is 0 Å². The zero-order valence-corrected chi connectivity index (χ0v) is 12.6. The van der Waals surface area contributed by atoms with Gasteiger partial charge in [-0.15, -0.1) is 5.73 Å². The second-order valence-electron chi connectivity index (χ2n) is 4.02. The molecule has 0 saturated carbocycles. The van der Waals surface area contributed by atoms with E-state index in [1.165, 1.54) is 26.4 Å². The van der Waals surface area contributed by atoms with Gasteiger partial charge in [-0.1, -0.05) is 11.3 Å². The van der Waals surface area contributed by atoms with Crippen molar-refractivity contribution >= 4 is 23.4 Å². The fraction of sp³-hybridized carbons (Fsp3) is 0.462. The first kappa shape index (κ1) is 17.2. The lowest BCUT2D eigenvalue weighted by Gasteiger charge is -2.04. The fourth-order valence-electron chi connectivity index (χ4n) is 1.53. The van der Waals surface area contributed by atoms with E-state index in [1.54, 1.807) is 0 Å². The predicted octanol–water partition coefficient (Wildman–Crippen LogP) is 1.27. The van der Waals surface area contributed by atoms with Crippen LogP contribution in [0.15, 0.2) is 16.6 Å². The van der Waals surface area contributed by atoms with Gasteiger partial charge < -0.3 is 19.7 Å². The summed E-state index contributed by atoms with van der Waals surface area (Å²) in [5.74, 6) is -1.13. The van der Waals surface area contributed by atoms with Crippen LogP contribution in [-0.4, -0.2) is 41.3 Å². The number of carboxylic acids is 1. The molecule has 1 aromatic heterocycles. The molecule has 0 radical (unpaired) electrons. The fourth-order valence-corrected chi connectivity index (χ4v) is 2.33. The van der Waals surface area contributed by atoms with Gasteiger partial charge in [-0.3, -0.25) is 14.2 Å². The summed E-state index contributed by atoms with van der Waals surface area (Å²) < 4.78 is 11.0. The Morgan fingerprint density at radius 3 is 2.71 bits per heavy atom. The number of aromatic hydroxyl groups is 1. The van der Waals surface area contributed by atoms with Crippen LogP contribution in [0.1, 0.15) is 17.7 Å². The Balaban J connectivity index is 2.84. The molecule has 0 aliphatic rings. The summed E-state index contributed by atoms with van der Waals surface area (Å²) in [6, 6.07) is 0. The quantitative estimate of drug-likeness (QED) is 0.554. The molecule has 116 valence electrons. The second kappa shape index (κ2) is 8.43. The monoisotopic (exact) mass is 315 g/mol. The molecule has 7 nitrogen and oxygen atoms in total. The van der Waals surface area contributed by atoms with E-state index in [0.717, 1.165) is 15.9 Å². The Kier molecular flexibility index (Phi) is 6.90. The van der Waals surface area contributed by atoms with E-state index in [9.17, 15) is 14.7 Å². The van der Waals surface area contributed by atoms with Crippen molar-refractivity contribution in [1.29, 1.82) is 0 Å². The van der Waals surface area contributed by atoms with Crippen LogP contribution in [-0.2, 0) is 20.8 Å². The summed E-state index contributed by atoms with van der Waals surface area (Å²) >= 11 is 0.857. The molecule has 1 heterocycles. The highest BCUT2D eigenvalue weighted by Crippen LogP contribution is 2.21. The first-order chi connectivity index (χ1) is 9.99. The van der Waals surface area contributed by atoms with Crippen molar-refractivity contribution in [1.82, 2.24) is 4.57 Å². The smallest absolute Gasteiger partial charge is 0.310 e. The number of carbonyl (C=O) groups is 1. The van der Waals surface area contributed by atoms with Crippen LogP contribution in [0.3, 0.4) is 0 Å². The molecule has 0 unspecified atom stereocenters. The molecule has 0 fully saturated rings. The lowest BCUT2D eigenvalue weighted by Crippen LogP contribution is -2.13. The van der Waals surface area contributed by atoms with Crippen LogP contribution in [0.5, 0.6) is 5.88 Å². The van der Waals surface area contributed by atoms with E-state index >= 15 is 0 Å². The third-order valence-corrected chi connectivity index (χ3v) is 3.49. The molecule has 1 aromatic rings.